The lowest BCUT2D eigenvalue weighted by atomic mass is 10.1. The topological polar surface area (TPSA) is 34.5 Å². The highest BCUT2D eigenvalue weighted by atomic mass is 28.3. The standard InChI is InChI=1S/C16H19N2OSi/c1-13(18-12-14-8-10-17-11-9-14)15-6-4-5-7-16(15)19-20(2)3/h4-13H,1-3H3. The molecule has 1 aromatic carbocycles. The Morgan fingerprint density at radius 1 is 1.15 bits per heavy atom. The fraction of sp³-hybridized carbons (Fsp3) is 0.250. The van der Waals surface area contributed by atoms with Gasteiger partial charge in [0.05, 0.1) is 6.04 Å². The molecule has 0 saturated carbocycles. The molecule has 1 radical (unpaired) electrons. The number of pyridine rings is 1. The van der Waals surface area contributed by atoms with Crippen molar-refractivity contribution in [2.24, 2.45) is 4.99 Å². The lowest BCUT2D eigenvalue weighted by Gasteiger charge is -2.15. The summed E-state index contributed by atoms with van der Waals surface area (Å²) >= 11 is 0. The zero-order valence-electron chi connectivity index (χ0n) is 12.1. The second-order valence-electron chi connectivity index (χ2n) is 4.78. The van der Waals surface area contributed by atoms with Crippen molar-refractivity contribution in [3.05, 3.63) is 59.9 Å². The average molecular weight is 283 g/mol. The predicted molar refractivity (Wildman–Crippen MR) is 84.8 cm³/mol. The van der Waals surface area contributed by atoms with Crippen LogP contribution >= 0.6 is 0 Å². The number of aromatic nitrogens is 1. The summed E-state index contributed by atoms with van der Waals surface area (Å²) in [5.74, 6) is 0.950. The van der Waals surface area contributed by atoms with E-state index in [1.807, 2.05) is 36.5 Å². The van der Waals surface area contributed by atoms with Crippen molar-refractivity contribution in [2.75, 3.05) is 0 Å². The number of hydrogen-bond acceptors (Lipinski definition) is 3. The van der Waals surface area contributed by atoms with Gasteiger partial charge in [0.25, 0.3) is 9.04 Å². The van der Waals surface area contributed by atoms with Crippen LogP contribution in [0.1, 0.15) is 24.1 Å². The van der Waals surface area contributed by atoms with Crippen LogP contribution in [0.2, 0.25) is 13.1 Å². The monoisotopic (exact) mass is 283 g/mol. The second kappa shape index (κ2) is 7.00. The summed E-state index contributed by atoms with van der Waals surface area (Å²) in [6.45, 7) is 6.34. The highest BCUT2D eigenvalue weighted by Crippen LogP contribution is 2.27. The van der Waals surface area contributed by atoms with E-state index in [4.69, 9.17) is 4.43 Å². The van der Waals surface area contributed by atoms with Gasteiger partial charge >= 0.3 is 0 Å². The van der Waals surface area contributed by atoms with Gasteiger partial charge in [-0.1, -0.05) is 18.2 Å². The van der Waals surface area contributed by atoms with E-state index in [1.54, 1.807) is 12.4 Å². The van der Waals surface area contributed by atoms with Crippen LogP contribution in [0.4, 0.5) is 0 Å². The minimum atomic E-state index is -0.769. The van der Waals surface area contributed by atoms with Crippen molar-refractivity contribution in [3.8, 4) is 5.75 Å². The van der Waals surface area contributed by atoms with Gasteiger partial charge in [0.1, 0.15) is 5.75 Å². The lowest BCUT2D eigenvalue weighted by molar-refractivity contribution is 0.564. The Labute approximate surface area is 122 Å². The molecule has 4 heteroatoms. The maximum atomic E-state index is 5.94. The van der Waals surface area contributed by atoms with Gasteiger partial charge in [-0.25, -0.2) is 0 Å². The van der Waals surface area contributed by atoms with E-state index in [0.717, 1.165) is 16.9 Å². The van der Waals surface area contributed by atoms with Crippen molar-refractivity contribution in [1.29, 1.82) is 0 Å². The minimum absolute atomic E-state index is 0.0701. The highest BCUT2D eigenvalue weighted by Gasteiger charge is 2.11. The van der Waals surface area contributed by atoms with Crippen LogP contribution in [0, 0.1) is 0 Å². The first-order valence-corrected chi connectivity index (χ1v) is 9.08. The molecule has 0 bridgehead atoms. The SMILES string of the molecule is CC(N=Cc1ccncc1)c1ccccc1O[Si](C)C. The van der Waals surface area contributed by atoms with Crippen LogP contribution in [-0.4, -0.2) is 20.2 Å². The second-order valence-corrected chi connectivity index (χ2v) is 6.80. The molecule has 2 rings (SSSR count). The van der Waals surface area contributed by atoms with Gasteiger partial charge in [0.15, 0.2) is 0 Å². The van der Waals surface area contributed by atoms with Gasteiger partial charge in [-0.05, 0) is 43.8 Å². The third kappa shape index (κ3) is 4.03. The van der Waals surface area contributed by atoms with Crippen LogP contribution in [0.3, 0.4) is 0 Å². The van der Waals surface area contributed by atoms with Gasteiger partial charge in [-0.15, -0.1) is 0 Å². The predicted octanol–water partition coefficient (Wildman–Crippen LogP) is 3.89. The molecular formula is C16H19N2OSi. The maximum Gasteiger partial charge on any atom is 0.274 e. The summed E-state index contributed by atoms with van der Waals surface area (Å²) in [6, 6.07) is 12.1. The molecule has 0 aliphatic heterocycles. The Hall–Kier alpha value is -1.94. The molecule has 1 unspecified atom stereocenters. The molecule has 1 heterocycles. The summed E-state index contributed by atoms with van der Waals surface area (Å²) in [7, 11) is -0.769. The Morgan fingerprint density at radius 2 is 1.85 bits per heavy atom. The fourth-order valence-corrected chi connectivity index (χ4v) is 2.49. The first-order valence-electron chi connectivity index (χ1n) is 6.67. The van der Waals surface area contributed by atoms with Crippen molar-refractivity contribution < 1.29 is 4.43 Å². The number of aliphatic imine (C=N–C) groups is 1. The molecule has 20 heavy (non-hydrogen) atoms. The summed E-state index contributed by atoms with van der Waals surface area (Å²) in [5.41, 5.74) is 2.19. The zero-order valence-corrected chi connectivity index (χ0v) is 13.1. The molecule has 0 spiro atoms. The highest BCUT2D eigenvalue weighted by molar-refractivity contribution is 6.49. The molecule has 3 nitrogen and oxygen atoms in total. The molecule has 0 amide bonds. The van der Waals surface area contributed by atoms with Gasteiger partial charge in [-0.3, -0.25) is 9.98 Å². The molecule has 1 atom stereocenters. The summed E-state index contributed by atoms with van der Waals surface area (Å²) in [4.78, 5) is 8.61. The lowest BCUT2D eigenvalue weighted by Crippen LogP contribution is -2.13. The quantitative estimate of drug-likeness (QED) is 0.616. The molecular weight excluding hydrogens is 264 g/mol. The van der Waals surface area contributed by atoms with E-state index in [2.05, 4.69) is 36.1 Å². The summed E-state index contributed by atoms with van der Waals surface area (Å²) in [5, 5.41) is 0. The maximum absolute atomic E-state index is 5.94. The van der Waals surface area contributed by atoms with Crippen molar-refractivity contribution in [3.63, 3.8) is 0 Å². The first-order chi connectivity index (χ1) is 9.66. The Morgan fingerprint density at radius 3 is 2.55 bits per heavy atom. The van der Waals surface area contributed by atoms with Gasteiger partial charge in [0.2, 0.25) is 0 Å². The molecule has 2 aromatic rings. The molecule has 0 aliphatic carbocycles. The number of benzene rings is 1. The van der Waals surface area contributed by atoms with Crippen molar-refractivity contribution >= 4 is 15.3 Å². The Kier molecular flexibility index (Phi) is 5.07. The fourth-order valence-electron chi connectivity index (χ4n) is 1.87. The van der Waals surface area contributed by atoms with Crippen LogP contribution in [0.25, 0.3) is 0 Å². The van der Waals surface area contributed by atoms with Gasteiger partial charge < -0.3 is 4.43 Å². The van der Waals surface area contributed by atoms with Crippen LogP contribution < -0.4 is 4.43 Å². The van der Waals surface area contributed by atoms with Crippen molar-refractivity contribution in [1.82, 2.24) is 4.98 Å². The van der Waals surface area contributed by atoms with Gasteiger partial charge in [-0.2, -0.15) is 0 Å². The normalized spacial score (nSPS) is 12.8. The van der Waals surface area contributed by atoms with E-state index in [9.17, 15) is 0 Å². The minimum Gasteiger partial charge on any atom is -0.542 e. The van der Waals surface area contributed by atoms with Crippen LogP contribution in [0.5, 0.6) is 5.75 Å². The third-order valence-corrected chi connectivity index (χ3v) is 3.46. The van der Waals surface area contributed by atoms with Gasteiger partial charge in [0, 0.05) is 24.2 Å². The molecule has 103 valence electrons. The number of nitrogens with zero attached hydrogens (tertiary/aromatic N) is 2. The largest absolute Gasteiger partial charge is 0.542 e. The Balaban J connectivity index is 2.17. The number of hydrogen-bond donors (Lipinski definition) is 0. The molecule has 0 N–H and O–H groups in total. The van der Waals surface area contributed by atoms with Crippen LogP contribution in [-0.2, 0) is 0 Å². The summed E-state index contributed by atoms with van der Waals surface area (Å²) in [6.07, 6.45) is 5.42. The molecule has 1 aromatic heterocycles. The molecule has 0 fully saturated rings. The Bertz CT molecular complexity index is 570. The van der Waals surface area contributed by atoms with Crippen molar-refractivity contribution in [2.45, 2.75) is 26.1 Å². The average Bonchev–Trinajstić information content (AvgIpc) is 2.46. The smallest absolute Gasteiger partial charge is 0.274 e. The zero-order chi connectivity index (χ0) is 14.4. The van der Waals surface area contributed by atoms with E-state index >= 15 is 0 Å². The molecule has 0 saturated heterocycles. The number of para-hydroxylation sites is 1. The van der Waals surface area contributed by atoms with E-state index < -0.39 is 9.04 Å². The van der Waals surface area contributed by atoms with E-state index in [-0.39, 0.29) is 6.04 Å². The van der Waals surface area contributed by atoms with E-state index in [0.29, 0.717) is 0 Å². The number of rotatable bonds is 5. The third-order valence-electron chi connectivity index (χ3n) is 2.84. The van der Waals surface area contributed by atoms with E-state index in [1.165, 1.54) is 0 Å². The molecule has 0 aliphatic rings. The first kappa shape index (κ1) is 14.5. The van der Waals surface area contributed by atoms with Crippen LogP contribution in [0.15, 0.2) is 53.8 Å². The summed E-state index contributed by atoms with van der Waals surface area (Å²) < 4.78 is 5.94.